The number of benzene rings is 2. The zero-order valence-corrected chi connectivity index (χ0v) is 14.5. The van der Waals surface area contributed by atoms with Crippen LogP contribution in [0.25, 0.3) is 11.0 Å². The van der Waals surface area contributed by atoms with Gasteiger partial charge in [-0.15, -0.1) is 5.10 Å². The van der Waals surface area contributed by atoms with Crippen LogP contribution in [-0.2, 0) is 21.2 Å². The van der Waals surface area contributed by atoms with Crippen LogP contribution in [0, 0.1) is 5.82 Å². The Morgan fingerprint density at radius 1 is 1.23 bits per heavy atom. The van der Waals surface area contributed by atoms with E-state index in [-0.39, 0.29) is 23.9 Å². The van der Waals surface area contributed by atoms with Gasteiger partial charge in [0, 0.05) is 12.8 Å². The van der Waals surface area contributed by atoms with Gasteiger partial charge in [0.1, 0.15) is 16.9 Å². The van der Waals surface area contributed by atoms with Crippen LogP contribution in [0.3, 0.4) is 0 Å². The van der Waals surface area contributed by atoms with E-state index < -0.39 is 15.7 Å². The van der Waals surface area contributed by atoms with Gasteiger partial charge in [0.05, 0.1) is 4.90 Å². The molecule has 0 aliphatic rings. The number of nitrogens with zero attached hydrogens (tertiary/aromatic N) is 3. The molecule has 3 rings (SSSR count). The van der Waals surface area contributed by atoms with Crippen molar-refractivity contribution in [3.05, 3.63) is 53.8 Å². The number of carbonyl (C=O) groups excluding carboxylic acids is 1. The Bertz CT molecular complexity index is 1050. The average molecular weight is 378 g/mol. The molecular weight excluding hydrogens is 363 g/mol. The van der Waals surface area contributed by atoms with E-state index in [4.69, 9.17) is 4.84 Å². The van der Waals surface area contributed by atoms with Crippen molar-refractivity contribution < 1.29 is 22.4 Å². The minimum absolute atomic E-state index is 0.0953. The van der Waals surface area contributed by atoms with E-state index in [9.17, 15) is 17.6 Å². The minimum Gasteiger partial charge on any atom is -0.385 e. The Balaban J connectivity index is 1.63. The van der Waals surface area contributed by atoms with Crippen molar-refractivity contribution in [3.63, 3.8) is 0 Å². The highest BCUT2D eigenvalue weighted by atomic mass is 32.2. The molecule has 26 heavy (non-hydrogen) atoms. The second-order valence-corrected chi connectivity index (χ2v) is 7.58. The molecule has 0 aliphatic carbocycles. The fourth-order valence-electron chi connectivity index (χ4n) is 2.18. The third-order valence-corrected chi connectivity index (χ3v) is 4.65. The highest BCUT2D eigenvalue weighted by Crippen LogP contribution is 2.16. The van der Waals surface area contributed by atoms with E-state index in [0.717, 1.165) is 16.7 Å². The predicted molar refractivity (Wildman–Crippen MR) is 90.3 cm³/mol. The second-order valence-electron chi connectivity index (χ2n) is 5.56. The van der Waals surface area contributed by atoms with Gasteiger partial charge in [0.25, 0.3) is 5.91 Å². The average Bonchev–Trinajstić information content (AvgIpc) is 3.01. The van der Waals surface area contributed by atoms with Crippen molar-refractivity contribution in [2.75, 3.05) is 12.9 Å². The Hall–Kier alpha value is -3.01. The summed E-state index contributed by atoms with van der Waals surface area (Å²) in [7, 11) is -3.39. The molecule has 3 aromatic rings. The van der Waals surface area contributed by atoms with Crippen molar-refractivity contribution in [1.29, 1.82) is 0 Å². The van der Waals surface area contributed by atoms with E-state index in [0.29, 0.717) is 11.0 Å². The maximum Gasteiger partial charge on any atom is 0.261 e. The number of sulfone groups is 1. The highest BCUT2D eigenvalue weighted by molar-refractivity contribution is 7.90. The van der Waals surface area contributed by atoms with Gasteiger partial charge in [-0.2, -0.15) is 0 Å². The Labute approximate surface area is 148 Å². The molecule has 2 aromatic carbocycles. The van der Waals surface area contributed by atoms with Gasteiger partial charge in [-0.3, -0.25) is 4.79 Å². The van der Waals surface area contributed by atoms with Crippen LogP contribution in [0.2, 0.25) is 0 Å². The lowest BCUT2D eigenvalue weighted by molar-refractivity contribution is -0.126. The number of hydrogen-bond acceptors (Lipinski definition) is 6. The maximum atomic E-state index is 12.8. The fourth-order valence-corrected chi connectivity index (χ4v) is 2.82. The van der Waals surface area contributed by atoms with Crippen molar-refractivity contribution in [2.45, 2.75) is 11.4 Å². The summed E-state index contributed by atoms with van der Waals surface area (Å²) in [6.07, 6.45) is 1.09. The number of amides is 1. The van der Waals surface area contributed by atoms with Gasteiger partial charge in [0.2, 0.25) is 0 Å². The molecule has 0 fully saturated rings. The molecule has 8 nitrogen and oxygen atoms in total. The van der Waals surface area contributed by atoms with Gasteiger partial charge in [0.15, 0.2) is 16.4 Å². The predicted octanol–water partition coefficient (Wildman–Crippen LogP) is 0.719. The highest BCUT2D eigenvalue weighted by Gasteiger charge is 2.13. The van der Waals surface area contributed by atoms with Crippen molar-refractivity contribution in [3.8, 4) is 0 Å². The third-order valence-electron chi connectivity index (χ3n) is 3.54. The molecule has 1 N–H and O–H groups in total. The lowest BCUT2D eigenvalue weighted by atomic mass is 10.2. The number of fused-ring (bicyclic) bond motifs is 1. The molecule has 0 spiro atoms. The Morgan fingerprint density at radius 2 is 1.96 bits per heavy atom. The Morgan fingerprint density at radius 3 is 2.65 bits per heavy atom. The summed E-state index contributed by atoms with van der Waals surface area (Å²) < 4.78 is 36.1. The summed E-state index contributed by atoms with van der Waals surface area (Å²) in [5, 5.41) is 10.2. The van der Waals surface area contributed by atoms with Crippen LogP contribution in [0.15, 0.2) is 47.4 Å². The molecular formula is C16H15FN4O4S. The molecule has 1 aromatic heterocycles. The largest absolute Gasteiger partial charge is 0.385 e. The molecule has 1 heterocycles. The number of halogens is 1. The number of aromatic nitrogens is 3. The van der Waals surface area contributed by atoms with Crippen LogP contribution in [0.4, 0.5) is 4.39 Å². The topological polar surface area (TPSA) is 103 Å². The number of carbonyl (C=O) groups is 1. The first kappa shape index (κ1) is 17.8. The van der Waals surface area contributed by atoms with E-state index in [2.05, 4.69) is 15.6 Å². The minimum atomic E-state index is -3.39. The van der Waals surface area contributed by atoms with E-state index in [1.807, 2.05) is 0 Å². The molecule has 10 heteroatoms. The molecule has 136 valence electrons. The number of rotatable bonds is 6. The summed E-state index contributed by atoms with van der Waals surface area (Å²) in [5.74, 6) is -0.771. The van der Waals surface area contributed by atoms with Crippen LogP contribution in [-0.4, -0.2) is 42.3 Å². The molecule has 1 amide bonds. The van der Waals surface area contributed by atoms with Crippen molar-refractivity contribution in [2.24, 2.45) is 0 Å². The fraction of sp³-hybridized carbons (Fsp3) is 0.188. The molecule has 0 saturated heterocycles. The number of hydrogen-bond donors (Lipinski definition) is 1. The first-order valence-electron chi connectivity index (χ1n) is 7.53. The zero-order chi connectivity index (χ0) is 18.7. The SMILES string of the molecule is CS(=O)(=O)c1ccc2nnn(OCC(=O)NCc3ccc(F)cc3)c2c1. The normalized spacial score (nSPS) is 11.5. The van der Waals surface area contributed by atoms with E-state index >= 15 is 0 Å². The molecule has 0 unspecified atom stereocenters. The van der Waals surface area contributed by atoms with Gasteiger partial charge in [-0.1, -0.05) is 17.0 Å². The van der Waals surface area contributed by atoms with Gasteiger partial charge >= 0.3 is 0 Å². The van der Waals surface area contributed by atoms with E-state index in [1.54, 1.807) is 12.1 Å². The standard InChI is InChI=1S/C16H15FN4O4S/c1-26(23,24)13-6-7-14-15(8-13)21(20-19-14)25-10-16(22)18-9-11-2-4-12(17)5-3-11/h2-8H,9-10H2,1H3,(H,18,22). The van der Waals surface area contributed by atoms with Crippen LogP contribution in [0.1, 0.15) is 5.56 Å². The molecule has 0 atom stereocenters. The molecule has 0 bridgehead atoms. The van der Waals surface area contributed by atoms with Crippen molar-refractivity contribution >= 4 is 26.8 Å². The van der Waals surface area contributed by atoms with Crippen molar-refractivity contribution in [1.82, 2.24) is 20.5 Å². The first-order chi connectivity index (χ1) is 12.3. The lowest BCUT2D eigenvalue weighted by Crippen LogP contribution is -2.31. The third kappa shape index (κ3) is 4.14. The summed E-state index contributed by atoms with van der Waals surface area (Å²) in [6.45, 7) is -0.123. The Kier molecular flexibility index (Phi) is 4.85. The molecule has 0 aliphatic heterocycles. The van der Waals surface area contributed by atoms with Crippen LogP contribution >= 0.6 is 0 Å². The van der Waals surface area contributed by atoms with Gasteiger partial charge < -0.3 is 10.2 Å². The first-order valence-corrected chi connectivity index (χ1v) is 9.42. The lowest BCUT2D eigenvalue weighted by Gasteiger charge is -2.07. The van der Waals surface area contributed by atoms with Crippen LogP contribution in [0.5, 0.6) is 0 Å². The zero-order valence-electron chi connectivity index (χ0n) is 13.7. The van der Waals surface area contributed by atoms with E-state index in [1.165, 1.54) is 30.3 Å². The van der Waals surface area contributed by atoms with Crippen LogP contribution < -0.4 is 10.2 Å². The quantitative estimate of drug-likeness (QED) is 0.678. The smallest absolute Gasteiger partial charge is 0.261 e. The second kappa shape index (κ2) is 7.08. The maximum absolute atomic E-state index is 12.8. The summed E-state index contributed by atoms with van der Waals surface area (Å²) in [5.41, 5.74) is 1.51. The molecule has 0 radical (unpaired) electrons. The summed E-state index contributed by atoms with van der Waals surface area (Å²) >= 11 is 0. The summed E-state index contributed by atoms with van der Waals surface area (Å²) in [4.78, 5) is 18.2. The molecule has 0 saturated carbocycles. The van der Waals surface area contributed by atoms with Gasteiger partial charge in [-0.05, 0) is 41.1 Å². The number of nitrogens with one attached hydrogen (secondary N) is 1. The monoisotopic (exact) mass is 378 g/mol. The van der Waals surface area contributed by atoms with Gasteiger partial charge in [-0.25, -0.2) is 12.8 Å². The summed E-state index contributed by atoms with van der Waals surface area (Å²) in [6, 6.07) is 10.0.